The summed E-state index contributed by atoms with van der Waals surface area (Å²) in [6.07, 6.45) is -0.237. The van der Waals surface area contributed by atoms with Crippen LogP contribution >= 0.6 is 0 Å². The minimum atomic E-state index is -1.61. The van der Waals surface area contributed by atoms with E-state index < -0.39 is 11.5 Å². The number of carbonyl (C=O) groups is 2. The number of carboxylic acids is 1. The maximum Gasteiger partial charge on any atom is 0.328 e. The van der Waals surface area contributed by atoms with Gasteiger partial charge in [0.05, 0.1) is 6.42 Å². The SMILES string of the molecule is N[C@]1(C(=O)O)CC(=O)Nc2ccccc21. The zero-order chi connectivity index (χ0) is 11.1. The number of rotatable bonds is 1. The molecule has 78 valence electrons. The molecule has 0 fully saturated rings. The highest BCUT2D eigenvalue weighted by atomic mass is 16.4. The molecule has 1 atom stereocenters. The number of amides is 1. The molecule has 5 heteroatoms. The number of nitrogens with one attached hydrogen (secondary N) is 1. The molecule has 0 aliphatic carbocycles. The molecule has 1 heterocycles. The van der Waals surface area contributed by atoms with Crippen LogP contribution in [-0.4, -0.2) is 17.0 Å². The third-order valence-electron chi connectivity index (χ3n) is 2.50. The molecular formula is C10H10N2O3. The van der Waals surface area contributed by atoms with E-state index in [-0.39, 0.29) is 12.3 Å². The van der Waals surface area contributed by atoms with Crippen molar-refractivity contribution in [1.82, 2.24) is 0 Å². The van der Waals surface area contributed by atoms with E-state index in [4.69, 9.17) is 10.8 Å². The van der Waals surface area contributed by atoms with Gasteiger partial charge in [-0.2, -0.15) is 0 Å². The van der Waals surface area contributed by atoms with E-state index >= 15 is 0 Å². The molecule has 5 nitrogen and oxygen atoms in total. The van der Waals surface area contributed by atoms with Gasteiger partial charge < -0.3 is 16.2 Å². The van der Waals surface area contributed by atoms with E-state index in [0.29, 0.717) is 11.3 Å². The van der Waals surface area contributed by atoms with E-state index in [2.05, 4.69) is 5.32 Å². The summed E-state index contributed by atoms with van der Waals surface area (Å²) in [6, 6.07) is 6.66. The summed E-state index contributed by atoms with van der Waals surface area (Å²) >= 11 is 0. The summed E-state index contributed by atoms with van der Waals surface area (Å²) in [7, 11) is 0. The van der Waals surface area contributed by atoms with E-state index in [0.717, 1.165) is 0 Å². The summed E-state index contributed by atoms with van der Waals surface area (Å²) < 4.78 is 0. The van der Waals surface area contributed by atoms with Gasteiger partial charge in [-0.15, -0.1) is 0 Å². The van der Waals surface area contributed by atoms with Crippen molar-refractivity contribution in [3.63, 3.8) is 0 Å². The Morgan fingerprint density at radius 2 is 2.13 bits per heavy atom. The maximum absolute atomic E-state index is 11.3. The fourth-order valence-electron chi connectivity index (χ4n) is 1.71. The highest BCUT2D eigenvalue weighted by Gasteiger charge is 2.43. The summed E-state index contributed by atoms with van der Waals surface area (Å²) in [5.41, 5.74) is 5.04. The molecule has 1 aromatic rings. The third-order valence-corrected chi connectivity index (χ3v) is 2.50. The lowest BCUT2D eigenvalue weighted by atomic mass is 9.83. The molecule has 15 heavy (non-hydrogen) atoms. The van der Waals surface area contributed by atoms with Crippen molar-refractivity contribution in [3.8, 4) is 0 Å². The molecule has 1 aliphatic rings. The lowest BCUT2D eigenvalue weighted by Gasteiger charge is -2.31. The molecule has 0 bridgehead atoms. The second kappa shape index (κ2) is 3.06. The van der Waals surface area contributed by atoms with Gasteiger partial charge in [-0.3, -0.25) is 4.79 Å². The van der Waals surface area contributed by atoms with Crippen molar-refractivity contribution >= 4 is 17.6 Å². The number of aliphatic carboxylic acids is 1. The number of nitrogens with two attached hydrogens (primary N) is 1. The molecule has 0 saturated carbocycles. The zero-order valence-corrected chi connectivity index (χ0v) is 7.86. The highest BCUT2D eigenvalue weighted by Crippen LogP contribution is 2.33. The average molecular weight is 206 g/mol. The number of carboxylic acid groups (broad SMARTS) is 1. The van der Waals surface area contributed by atoms with Crippen LogP contribution in [0.3, 0.4) is 0 Å². The second-order valence-electron chi connectivity index (χ2n) is 3.55. The van der Waals surface area contributed by atoms with Gasteiger partial charge in [-0.1, -0.05) is 18.2 Å². The Balaban J connectivity index is 2.61. The summed E-state index contributed by atoms with van der Waals surface area (Å²) in [5, 5.41) is 11.6. The van der Waals surface area contributed by atoms with Gasteiger partial charge in [0.15, 0.2) is 5.54 Å². The van der Waals surface area contributed by atoms with Crippen LogP contribution in [0.2, 0.25) is 0 Å². The van der Waals surface area contributed by atoms with Gasteiger partial charge in [0.25, 0.3) is 0 Å². The van der Waals surface area contributed by atoms with Crippen LogP contribution in [0, 0.1) is 0 Å². The lowest BCUT2D eigenvalue weighted by Crippen LogP contribution is -2.50. The molecule has 0 saturated heterocycles. The van der Waals surface area contributed by atoms with Crippen LogP contribution in [-0.2, 0) is 15.1 Å². The minimum absolute atomic E-state index is 0.237. The Morgan fingerprint density at radius 1 is 1.47 bits per heavy atom. The van der Waals surface area contributed by atoms with Crippen molar-refractivity contribution in [2.24, 2.45) is 5.73 Å². The topological polar surface area (TPSA) is 92.4 Å². The summed E-state index contributed by atoms with van der Waals surface area (Å²) in [4.78, 5) is 22.4. The summed E-state index contributed by atoms with van der Waals surface area (Å²) in [6.45, 7) is 0. The predicted molar refractivity (Wildman–Crippen MR) is 53.2 cm³/mol. The number of hydrogen-bond donors (Lipinski definition) is 3. The maximum atomic E-state index is 11.3. The van der Waals surface area contributed by atoms with Crippen LogP contribution in [0.15, 0.2) is 24.3 Å². The Labute approximate surface area is 85.9 Å². The fraction of sp³-hybridized carbons (Fsp3) is 0.200. The zero-order valence-electron chi connectivity index (χ0n) is 7.86. The van der Waals surface area contributed by atoms with Gasteiger partial charge in [-0.05, 0) is 6.07 Å². The number of anilines is 1. The molecule has 1 amide bonds. The standard InChI is InChI=1S/C10H10N2O3/c11-10(9(14)15)5-8(13)12-7-4-2-1-3-6(7)10/h1-4H,5,11H2,(H,12,13)(H,14,15)/t10-/m1/s1. The highest BCUT2D eigenvalue weighted by molar-refractivity contribution is 6.01. The smallest absolute Gasteiger partial charge is 0.328 e. The first-order valence-corrected chi connectivity index (χ1v) is 4.45. The van der Waals surface area contributed by atoms with E-state index in [1.54, 1.807) is 24.3 Å². The molecule has 1 aliphatic heterocycles. The normalized spacial score (nSPS) is 24.2. The Kier molecular flexibility index (Phi) is 1.97. The molecule has 2 rings (SSSR count). The molecule has 0 aromatic heterocycles. The number of fused-ring (bicyclic) bond motifs is 1. The first kappa shape index (κ1) is 9.67. The molecule has 4 N–H and O–H groups in total. The second-order valence-corrected chi connectivity index (χ2v) is 3.55. The number of para-hydroxylation sites is 1. The number of carbonyl (C=O) groups excluding carboxylic acids is 1. The molecule has 0 radical (unpaired) electrons. The van der Waals surface area contributed by atoms with E-state index in [1.807, 2.05) is 0 Å². The largest absolute Gasteiger partial charge is 0.480 e. The summed E-state index contributed by atoms with van der Waals surface area (Å²) in [5.74, 6) is -1.57. The molecule has 0 unspecified atom stereocenters. The number of benzene rings is 1. The quantitative estimate of drug-likeness (QED) is 0.614. The molecule has 0 spiro atoms. The van der Waals surface area contributed by atoms with Crippen LogP contribution < -0.4 is 11.1 Å². The fourth-order valence-corrected chi connectivity index (χ4v) is 1.71. The van der Waals surface area contributed by atoms with Crippen LogP contribution in [0.5, 0.6) is 0 Å². The first-order valence-electron chi connectivity index (χ1n) is 4.45. The monoisotopic (exact) mass is 206 g/mol. The van der Waals surface area contributed by atoms with Crippen molar-refractivity contribution < 1.29 is 14.7 Å². The van der Waals surface area contributed by atoms with Gasteiger partial charge >= 0.3 is 5.97 Å². The third kappa shape index (κ3) is 1.37. The Bertz CT molecular complexity index is 444. The van der Waals surface area contributed by atoms with Crippen molar-refractivity contribution in [2.45, 2.75) is 12.0 Å². The number of hydrogen-bond acceptors (Lipinski definition) is 3. The molecule has 1 aromatic carbocycles. The Hall–Kier alpha value is -1.88. The molecular weight excluding hydrogens is 196 g/mol. The van der Waals surface area contributed by atoms with Crippen LogP contribution in [0.25, 0.3) is 0 Å². The van der Waals surface area contributed by atoms with Gasteiger partial charge in [0.2, 0.25) is 5.91 Å². The minimum Gasteiger partial charge on any atom is -0.480 e. The van der Waals surface area contributed by atoms with Crippen molar-refractivity contribution in [1.29, 1.82) is 0 Å². The van der Waals surface area contributed by atoms with Crippen LogP contribution in [0.4, 0.5) is 5.69 Å². The van der Waals surface area contributed by atoms with Gasteiger partial charge in [-0.25, -0.2) is 4.79 Å². The van der Waals surface area contributed by atoms with E-state index in [9.17, 15) is 9.59 Å². The Morgan fingerprint density at radius 3 is 2.80 bits per heavy atom. The van der Waals surface area contributed by atoms with Crippen molar-refractivity contribution in [2.75, 3.05) is 5.32 Å². The van der Waals surface area contributed by atoms with Crippen LogP contribution in [0.1, 0.15) is 12.0 Å². The predicted octanol–water partition coefficient (Wildman–Crippen LogP) is 0.267. The average Bonchev–Trinajstić information content (AvgIpc) is 2.17. The van der Waals surface area contributed by atoms with Crippen molar-refractivity contribution in [3.05, 3.63) is 29.8 Å². The first-order chi connectivity index (χ1) is 7.04. The van der Waals surface area contributed by atoms with Gasteiger partial charge in [0, 0.05) is 11.3 Å². The van der Waals surface area contributed by atoms with E-state index in [1.165, 1.54) is 0 Å². The van der Waals surface area contributed by atoms with Gasteiger partial charge in [0.1, 0.15) is 0 Å². The lowest BCUT2D eigenvalue weighted by molar-refractivity contribution is -0.145.